The van der Waals surface area contributed by atoms with E-state index in [4.69, 9.17) is 5.73 Å². The molecule has 2 N–H and O–H groups in total. The number of nitrogens with zero attached hydrogens (tertiary/aromatic N) is 4. The lowest BCUT2D eigenvalue weighted by Gasteiger charge is -2.02. The molecule has 0 unspecified atom stereocenters. The Hall–Kier alpha value is -1.91. The van der Waals surface area contributed by atoms with Gasteiger partial charge in [0, 0.05) is 19.2 Å². The molecule has 0 aliphatic carbocycles. The predicted octanol–water partition coefficient (Wildman–Crippen LogP) is 0.383. The van der Waals surface area contributed by atoms with Crippen molar-refractivity contribution < 1.29 is 0 Å². The summed E-state index contributed by atoms with van der Waals surface area (Å²) in [6.45, 7) is 0. The maximum absolute atomic E-state index is 5.81. The van der Waals surface area contributed by atoms with Crippen molar-refractivity contribution in [1.29, 1.82) is 0 Å². The number of aromatic nitrogens is 4. The number of nitrogens with two attached hydrogens (primary N) is 1. The molecule has 0 radical (unpaired) electrons. The number of tetrazole rings is 1. The monoisotopic (exact) mass is 189 g/mol. The minimum atomic E-state index is 0.663. The van der Waals surface area contributed by atoms with E-state index in [9.17, 15) is 0 Å². The number of rotatable bonds is 2. The molecular weight excluding hydrogens is 178 g/mol. The Labute approximate surface area is 81.5 Å². The lowest BCUT2D eigenvalue weighted by atomic mass is 10.1. The highest BCUT2D eigenvalue weighted by Crippen LogP contribution is 2.13. The number of anilines is 1. The third-order valence-corrected chi connectivity index (χ3v) is 2.11. The maximum atomic E-state index is 5.81. The fraction of sp³-hybridized carbons (Fsp3) is 0.222. The van der Waals surface area contributed by atoms with Crippen LogP contribution in [0.3, 0.4) is 0 Å². The first-order valence-corrected chi connectivity index (χ1v) is 4.32. The highest BCUT2D eigenvalue weighted by Gasteiger charge is 2.05. The summed E-state index contributed by atoms with van der Waals surface area (Å²) in [6, 6.07) is 7.71. The molecule has 0 atom stereocenters. The van der Waals surface area contributed by atoms with Gasteiger partial charge < -0.3 is 5.73 Å². The molecule has 5 nitrogen and oxygen atoms in total. The number of hydrogen-bond donors (Lipinski definition) is 1. The molecular formula is C9H11N5. The van der Waals surface area contributed by atoms with Crippen LogP contribution in [0.1, 0.15) is 11.4 Å². The molecule has 14 heavy (non-hydrogen) atoms. The minimum Gasteiger partial charge on any atom is -0.398 e. The molecule has 0 spiro atoms. The van der Waals surface area contributed by atoms with E-state index < -0.39 is 0 Å². The van der Waals surface area contributed by atoms with Crippen LogP contribution >= 0.6 is 0 Å². The second kappa shape index (κ2) is 3.45. The van der Waals surface area contributed by atoms with Gasteiger partial charge in [-0.25, -0.2) is 4.68 Å². The molecule has 2 rings (SSSR count). The van der Waals surface area contributed by atoms with E-state index in [-0.39, 0.29) is 0 Å². The van der Waals surface area contributed by atoms with Crippen LogP contribution in [0.4, 0.5) is 5.69 Å². The zero-order chi connectivity index (χ0) is 9.97. The van der Waals surface area contributed by atoms with Gasteiger partial charge >= 0.3 is 0 Å². The summed E-state index contributed by atoms with van der Waals surface area (Å²) in [4.78, 5) is 0. The number of hydrogen-bond acceptors (Lipinski definition) is 4. The molecule has 1 aromatic carbocycles. The summed E-state index contributed by atoms with van der Waals surface area (Å²) in [7, 11) is 1.81. The first-order chi connectivity index (χ1) is 6.77. The number of aryl methyl sites for hydroxylation is 1. The molecule has 72 valence electrons. The van der Waals surface area contributed by atoms with Gasteiger partial charge in [-0.15, -0.1) is 5.10 Å². The van der Waals surface area contributed by atoms with Crippen molar-refractivity contribution in [2.45, 2.75) is 6.42 Å². The lowest BCUT2D eigenvalue weighted by Crippen LogP contribution is -2.02. The molecule has 0 amide bonds. The number of nitrogen functional groups attached to an aromatic ring is 1. The smallest absolute Gasteiger partial charge is 0.155 e. The topological polar surface area (TPSA) is 69.6 Å². The van der Waals surface area contributed by atoms with Gasteiger partial charge in [0.25, 0.3) is 0 Å². The van der Waals surface area contributed by atoms with E-state index in [2.05, 4.69) is 15.5 Å². The van der Waals surface area contributed by atoms with E-state index in [1.165, 1.54) is 0 Å². The van der Waals surface area contributed by atoms with E-state index in [0.29, 0.717) is 6.42 Å². The Morgan fingerprint density at radius 2 is 2.14 bits per heavy atom. The normalized spacial score (nSPS) is 10.4. The molecule has 0 aliphatic rings. The molecule has 1 heterocycles. The summed E-state index contributed by atoms with van der Waals surface area (Å²) in [5, 5.41) is 11.2. The van der Waals surface area contributed by atoms with Crippen LogP contribution in [0.2, 0.25) is 0 Å². The van der Waals surface area contributed by atoms with Crippen molar-refractivity contribution in [3.05, 3.63) is 35.7 Å². The Kier molecular flexibility index (Phi) is 2.14. The maximum Gasteiger partial charge on any atom is 0.155 e. The van der Waals surface area contributed by atoms with Crippen molar-refractivity contribution in [3.63, 3.8) is 0 Å². The summed E-state index contributed by atoms with van der Waals surface area (Å²) in [6.07, 6.45) is 0.663. The van der Waals surface area contributed by atoms with Crippen LogP contribution in [-0.4, -0.2) is 20.2 Å². The first kappa shape index (κ1) is 8.68. The van der Waals surface area contributed by atoms with Crippen LogP contribution in [0, 0.1) is 0 Å². The minimum absolute atomic E-state index is 0.663. The van der Waals surface area contributed by atoms with Gasteiger partial charge in [-0.05, 0) is 22.1 Å². The van der Waals surface area contributed by atoms with E-state index in [0.717, 1.165) is 17.1 Å². The van der Waals surface area contributed by atoms with E-state index in [1.54, 1.807) is 4.68 Å². The van der Waals surface area contributed by atoms with Gasteiger partial charge in [-0.3, -0.25) is 0 Å². The van der Waals surface area contributed by atoms with Crippen LogP contribution in [-0.2, 0) is 13.5 Å². The molecule has 1 aromatic heterocycles. The highest BCUT2D eigenvalue weighted by atomic mass is 15.5. The molecule has 0 saturated heterocycles. The summed E-state index contributed by atoms with van der Waals surface area (Å²) < 4.78 is 1.65. The van der Waals surface area contributed by atoms with Gasteiger partial charge in [-0.1, -0.05) is 18.2 Å². The van der Waals surface area contributed by atoms with Gasteiger partial charge in [-0.2, -0.15) is 0 Å². The Morgan fingerprint density at radius 3 is 2.79 bits per heavy atom. The van der Waals surface area contributed by atoms with Crippen molar-refractivity contribution in [2.24, 2.45) is 7.05 Å². The average Bonchev–Trinajstić information content (AvgIpc) is 2.56. The SMILES string of the molecule is Cn1nnnc1Cc1ccccc1N. The zero-order valence-electron chi connectivity index (χ0n) is 7.88. The zero-order valence-corrected chi connectivity index (χ0v) is 7.88. The average molecular weight is 189 g/mol. The fourth-order valence-corrected chi connectivity index (χ4v) is 1.26. The Balaban J connectivity index is 2.28. The van der Waals surface area contributed by atoms with Crippen LogP contribution in [0.25, 0.3) is 0 Å². The second-order valence-corrected chi connectivity index (χ2v) is 3.09. The van der Waals surface area contributed by atoms with Crippen LogP contribution in [0.5, 0.6) is 0 Å². The lowest BCUT2D eigenvalue weighted by molar-refractivity contribution is 0.686. The molecule has 0 saturated carbocycles. The molecule has 0 bridgehead atoms. The quantitative estimate of drug-likeness (QED) is 0.693. The Bertz CT molecular complexity index is 434. The molecule has 0 fully saturated rings. The summed E-state index contributed by atoms with van der Waals surface area (Å²) in [5.41, 5.74) is 7.63. The third kappa shape index (κ3) is 1.56. The predicted molar refractivity (Wildman–Crippen MR) is 52.5 cm³/mol. The molecule has 0 aliphatic heterocycles. The van der Waals surface area contributed by atoms with E-state index >= 15 is 0 Å². The summed E-state index contributed by atoms with van der Waals surface area (Å²) >= 11 is 0. The van der Waals surface area contributed by atoms with Crippen LogP contribution in [0.15, 0.2) is 24.3 Å². The third-order valence-electron chi connectivity index (χ3n) is 2.11. The molecule has 2 aromatic rings. The van der Waals surface area contributed by atoms with Crippen molar-refractivity contribution in [1.82, 2.24) is 20.2 Å². The van der Waals surface area contributed by atoms with Gasteiger partial charge in [0.15, 0.2) is 5.82 Å². The van der Waals surface area contributed by atoms with Gasteiger partial charge in [0.1, 0.15) is 0 Å². The van der Waals surface area contributed by atoms with Crippen molar-refractivity contribution in [3.8, 4) is 0 Å². The first-order valence-electron chi connectivity index (χ1n) is 4.32. The van der Waals surface area contributed by atoms with Crippen LogP contribution < -0.4 is 5.73 Å². The van der Waals surface area contributed by atoms with Gasteiger partial charge in [0.2, 0.25) is 0 Å². The van der Waals surface area contributed by atoms with E-state index in [1.807, 2.05) is 31.3 Å². The largest absolute Gasteiger partial charge is 0.398 e. The molecule has 5 heteroatoms. The van der Waals surface area contributed by atoms with Crippen molar-refractivity contribution >= 4 is 5.69 Å². The Morgan fingerprint density at radius 1 is 1.36 bits per heavy atom. The van der Waals surface area contributed by atoms with Crippen molar-refractivity contribution in [2.75, 3.05) is 5.73 Å². The standard InChI is InChI=1S/C9H11N5/c1-14-9(11-12-13-14)6-7-4-2-3-5-8(7)10/h2-5H,6,10H2,1H3. The number of para-hydroxylation sites is 1. The summed E-state index contributed by atoms with van der Waals surface area (Å²) in [5.74, 6) is 0.808. The second-order valence-electron chi connectivity index (χ2n) is 3.09. The highest BCUT2D eigenvalue weighted by molar-refractivity contribution is 5.47. The fourth-order valence-electron chi connectivity index (χ4n) is 1.26. The number of benzene rings is 1. The van der Waals surface area contributed by atoms with Gasteiger partial charge in [0.05, 0.1) is 0 Å².